The second kappa shape index (κ2) is 9.19. The minimum atomic E-state index is -0.593. The first kappa shape index (κ1) is 18.2. The second-order valence-electron chi connectivity index (χ2n) is 4.20. The molecule has 23 heavy (non-hydrogen) atoms. The lowest BCUT2D eigenvalue weighted by atomic mass is 10.2. The molecule has 0 heterocycles. The third-order valence-corrected chi connectivity index (χ3v) is 2.69. The van der Waals surface area contributed by atoms with Gasteiger partial charge in [0, 0.05) is 6.21 Å². The first-order chi connectivity index (χ1) is 11.1. The number of hydrogen-bond acceptors (Lipinski definition) is 4. The smallest absolute Gasteiger partial charge is 0.411 e. The minimum absolute atomic E-state index is 0.297. The van der Waals surface area contributed by atoms with Crippen LogP contribution in [0.3, 0.4) is 0 Å². The molecule has 122 valence electrons. The van der Waals surface area contributed by atoms with Crippen molar-refractivity contribution in [1.82, 2.24) is 0 Å². The molecule has 6 heteroatoms. The monoisotopic (exact) mass is 317 g/mol. The van der Waals surface area contributed by atoms with Crippen LogP contribution in [-0.2, 0) is 4.74 Å². The zero-order valence-electron chi connectivity index (χ0n) is 13.3. The van der Waals surface area contributed by atoms with E-state index in [1.54, 1.807) is 36.5 Å². The van der Waals surface area contributed by atoms with Crippen molar-refractivity contribution < 1.29 is 13.9 Å². The van der Waals surface area contributed by atoms with Gasteiger partial charge in [0.1, 0.15) is 5.82 Å². The molecule has 0 fully saturated rings. The molecule has 0 saturated carbocycles. The highest BCUT2D eigenvalue weighted by molar-refractivity contribution is 5.90. The van der Waals surface area contributed by atoms with Gasteiger partial charge in [-0.25, -0.2) is 9.18 Å². The molecule has 0 bridgehead atoms. The number of carbonyl (C=O) groups is 1. The van der Waals surface area contributed by atoms with Gasteiger partial charge in [-0.05, 0) is 35.9 Å². The lowest BCUT2D eigenvalue weighted by Gasteiger charge is -2.07. The SMILES string of the molecule is CC.COC(=O)Nc1ccc(N=Cc2ccc(F)cc2)cc1N. The Morgan fingerprint density at radius 2 is 1.87 bits per heavy atom. The molecule has 0 radical (unpaired) electrons. The highest BCUT2D eigenvalue weighted by Crippen LogP contribution is 2.24. The molecule has 1 amide bonds. The summed E-state index contributed by atoms with van der Waals surface area (Å²) >= 11 is 0. The number of methoxy groups -OCH3 is 1. The molecule has 5 nitrogen and oxygen atoms in total. The summed E-state index contributed by atoms with van der Waals surface area (Å²) in [6.07, 6.45) is 1.01. The van der Waals surface area contributed by atoms with Crippen molar-refractivity contribution in [3.63, 3.8) is 0 Å². The molecule has 2 aromatic carbocycles. The number of anilines is 2. The fourth-order valence-electron chi connectivity index (χ4n) is 1.60. The Morgan fingerprint density at radius 1 is 1.22 bits per heavy atom. The largest absolute Gasteiger partial charge is 0.453 e. The van der Waals surface area contributed by atoms with Crippen LogP contribution in [0.4, 0.5) is 26.2 Å². The van der Waals surface area contributed by atoms with E-state index in [0.717, 1.165) is 5.56 Å². The number of halogens is 1. The van der Waals surface area contributed by atoms with Crippen LogP contribution in [0.5, 0.6) is 0 Å². The van der Waals surface area contributed by atoms with Crippen molar-refractivity contribution in [3.8, 4) is 0 Å². The normalized spacial score (nSPS) is 9.91. The van der Waals surface area contributed by atoms with Gasteiger partial charge in [-0.1, -0.05) is 26.0 Å². The van der Waals surface area contributed by atoms with Crippen molar-refractivity contribution in [2.45, 2.75) is 13.8 Å². The van der Waals surface area contributed by atoms with Gasteiger partial charge in [0.25, 0.3) is 0 Å². The number of nitrogens with zero attached hydrogens (tertiary/aromatic N) is 1. The summed E-state index contributed by atoms with van der Waals surface area (Å²) in [6, 6.07) is 10.9. The van der Waals surface area contributed by atoms with Crippen LogP contribution >= 0.6 is 0 Å². The lowest BCUT2D eigenvalue weighted by molar-refractivity contribution is 0.187. The number of hydrogen-bond donors (Lipinski definition) is 2. The molecule has 0 unspecified atom stereocenters. The lowest BCUT2D eigenvalue weighted by Crippen LogP contribution is -2.12. The summed E-state index contributed by atoms with van der Waals surface area (Å²) in [5.41, 5.74) is 8.02. The number of nitrogens with two attached hydrogens (primary N) is 1. The predicted molar refractivity (Wildman–Crippen MR) is 91.9 cm³/mol. The van der Waals surface area contributed by atoms with Gasteiger partial charge in [0.15, 0.2) is 0 Å². The van der Waals surface area contributed by atoms with Gasteiger partial charge in [0.2, 0.25) is 0 Å². The predicted octanol–water partition coefficient (Wildman–Crippen LogP) is 4.36. The van der Waals surface area contributed by atoms with E-state index in [1.165, 1.54) is 19.2 Å². The quantitative estimate of drug-likeness (QED) is 0.652. The molecule has 3 N–H and O–H groups in total. The molecule has 0 aliphatic carbocycles. The van der Waals surface area contributed by atoms with Crippen molar-refractivity contribution in [3.05, 3.63) is 53.8 Å². The number of rotatable bonds is 3. The Bertz CT molecular complexity index is 670. The minimum Gasteiger partial charge on any atom is -0.453 e. The Balaban J connectivity index is 0.00000127. The molecular weight excluding hydrogens is 297 g/mol. The number of amides is 1. The average Bonchev–Trinajstić information content (AvgIpc) is 2.58. The van der Waals surface area contributed by atoms with Gasteiger partial charge in [-0.2, -0.15) is 0 Å². The highest BCUT2D eigenvalue weighted by atomic mass is 19.1. The van der Waals surface area contributed by atoms with Crippen LogP contribution in [0.1, 0.15) is 19.4 Å². The van der Waals surface area contributed by atoms with Crippen molar-refractivity contribution in [2.24, 2.45) is 4.99 Å². The van der Waals surface area contributed by atoms with Gasteiger partial charge in [-0.15, -0.1) is 0 Å². The topological polar surface area (TPSA) is 76.7 Å². The third-order valence-electron chi connectivity index (χ3n) is 2.69. The maximum Gasteiger partial charge on any atom is 0.411 e. The van der Waals surface area contributed by atoms with Crippen molar-refractivity contribution in [1.29, 1.82) is 0 Å². The van der Waals surface area contributed by atoms with Crippen molar-refractivity contribution >= 4 is 29.4 Å². The Kier molecular flexibility index (Phi) is 7.26. The fourth-order valence-corrected chi connectivity index (χ4v) is 1.60. The Morgan fingerprint density at radius 3 is 2.43 bits per heavy atom. The molecule has 0 aromatic heterocycles. The molecule has 0 atom stereocenters. The zero-order chi connectivity index (χ0) is 17.2. The van der Waals surface area contributed by atoms with Gasteiger partial charge >= 0.3 is 6.09 Å². The van der Waals surface area contributed by atoms with E-state index >= 15 is 0 Å². The molecule has 2 rings (SSSR count). The number of carbonyl (C=O) groups excluding carboxylic acids is 1. The van der Waals surface area contributed by atoms with Gasteiger partial charge in [0.05, 0.1) is 24.2 Å². The van der Waals surface area contributed by atoms with Crippen LogP contribution in [0, 0.1) is 5.82 Å². The average molecular weight is 317 g/mol. The van der Waals surface area contributed by atoms with E-state index in [9.17, 15) is 9.18 Å². The van der Waals surface area contributed by atoms with E-state index < -0.39 is 6.09 Å². The summed E-state index contributed by atoms with van der Waals surface area (Å²) in [4.78, 5) is 15.3. The first-order valence-corrected chi connectivity index (χ1v) is 7.12. The second-order valence-corrected chi connectivity index (χ2v) is 4.20. The standard InChI is InChI=1S/C15H14FN3O2.C2H6/c1-21-15(20)19-14-7-6-12(8-13(14)17)18-9-10-2-4-11(16)5-3-10;1-2/h2-9H,17H2,1H3,(H,19,20);1-2H3. The highest BCUT2D eigenvalue weighted by Gasteiger charge is 2.04. The van der Waals surface area contributed by atoms with E-state index in [1.807, 2.05) is 13.8 Å². The summed E-state index contributed by atoms with van der Waals surface area (Å²) in [6.45, 7) is 4.00. The molecule has 0 aliphatic rings. The van der Waals surface area contributed by atoms with E-state index in [-0.39, 0.29) is 5.82 Å². The summed E-state index contributed by atoms with van der Waals surface area (Å²) in [7, 11) is 1.27. The van der Waals surface area contributed by atoms with Crippen LogP contribution in [0.15, 0.2) is 47.5 Å². The van der Waals surface area contributed by atoms with Crippen molar-refractivity contribution in [2.75, 3.05) is 18.2 Å². The van der Waals surface area contributed by atoms with Crippen LogP contribution < -0.4 is 11.1 Å². The third kappa shape index (κ3) is 5.78. The molecular formula is C17H20FN3O2. The number of aliphatic imine (C=N–C) groups is 1. The Labute approximate surface area is 135 Å². The number of benzene rings is 2. The van der Waals surface area contributed by atoms with Crippen LogP contribution in [-0.4, -0.2) is 19.4 Å². The molecule has 0 saturated heterocycles. The van der Waals surface area contributed by atoms with Gasteiger partial charge < -0.3 is 10.5 Å². The van der Waals surface area contributed by atoms with Crippen LogP contribution in [0.2, 0.25) is 0 Å². The first-order valence-electron chi connectivity index (χ1n) is 7.12. The number of nitrogen functional groups attached to an aromatic ring is 1. The summed E-state index contributed by atoms with van der Waals surface area (Å²) < 4.78 is 17.3. The van der Waals surface area contributed by atoms with Gasteiger partial charge in [-0.3, -0.25) is 10.3 Å². The van der Waals surface area contributed by atoms with E-state index in [4.69, 9.17) is 5.73 Å². The maximum atomic E-state index is 12.8. The zero-order valence-corrected chi connectivity index (χ0v) is 13.3. The van der Waals surface area contributed by atoms with E-state index in [0.29, 0.717) is 17.1 Å². The maximum absolute atomic E-state index is 12.8. The summed E-state index contributed by atoms with van der Waals surface area (Å²) in [5.74, 6) is -0.297. The number of ether oxygens (including phenoxy) is 1. The fraction of sp³-hybridized carbons (Fsp3) is 0.176. The Hall–Kier alpha value is -2.89. The van der Waals surface area contributed by atoms with E-state index in [2.05, 4.69) is 15.0 Å². The molecule has 0 aliphatic heterocycles. The van der Waals surface area contributed by atoms with Crippen LogP contribution in [0.25, 0.3) is 0 Å². The molecule has 2 aromatic rings. The summed E-state index contributed by atoms with van der Waals surface area (Å²) in [5, 5.41) is 2.49. The molecule has 0 spiro atoms. The number of nitrogens with one attached hydrogen (secondary N) is 1.